The molecule has 0 radical (unpaired) electrons. The smallest absolute Gasteiger partial charge is 0.323 e. The van der Waals surface area contributed by atoms with Crippen molar-refractivity contribution in [2.75, 3.05) is 12.4 Å². The largest absolute Gasteiger partial charge is 0.326 e. The lowest BCUT2D eigenvalue weighted by Crippen LogP contribution is -2.26. The van der Waals surface area contributed by atoms with Crippen LogP contribution in [0.5, 0.6) is 0 Å². The van der Waals surface area contributed by atoms with E-state index in [1.54, 1.807) is 37.4 Å². The third-order valence-electron chi connectivity index (χ3n) is 2.95. The fourth-order valence-electron chi connectivity index (χ4n) is 1.88. The number of nitrogens with zero attached hydrogens (tertiary/aromatic N) is 2. The van der Waals surface area contributed by atoms with Crippen molar-refractivity contribution in [3.8, 4) is 6.19 Å². The Kier molecular flexibility index (Phi) is 4.38. The number of ketones is 1. The quantitative estimate of drug-likeness (QED) is 0.218. The molecule has 0 spiro atoms. The zero-order valence-corrected chi connectivity index (χ0v) is 12.0. The third-order valence-corrected chi connectivity index (χ3v) is 2.95. The second-order valence-electron chi connectivity index (χ2n) is 4.42. The summed E-state index contributed by atoms with van der Waals surface area (Å²) >= 11 is 0. The highest BCUT2D eigenvalue weighted by molar-refractivity contribution is 6.08. The molecule has 1 aromatic carbocycles. The number of hydrogen-bond acceptors (Lipinski definition) is 4. The van der Waals surface area contributed by atoms with E-state index in [0.717, 1.165) is 0 Å². The van der Waals surface area contributed by atoms with Crippen LogP contribution in [0, 0.1) is 18.4 Å². The molecule has 0 bridgehead atoms. The number of aliphatic imine (C=N–C) groups is 1. The van der Waals surface area contributed by atoms with E-state index in [1.807, 2.05) is 0 Å². The Morgan fingerprint density at radius 1 is 1.27 bits per heavy atom. The van der Waals surface area contributed by atoms with Gasteiger partial charge in [0.15, 0.2) is 6.19 Å². The van der Waals surface area contributed by atoms with Gasteiger partial charge in [0.25, 0.3) is 0 Å². The Bertz CT molecular complexity index is 807. The van der Waals surface area contributed by atoms with Crippen LogP contribution in [0.15, 0.2) is 34.1 Å². The Morgan fingerprint density at radius 2 is 1.95 bits per heavy atom. The minimum absolute atomic E-state index is 0.243. The lowest BCUT2D eigenvalue weighted by atomic mass is 10.1. The van der Waals surface area contributed by atoms with Gasteiger partial charge in [-0.3, -0.25) is 15.1 Å². The Labute approximate surface area is 125 Å². The van der Waals surface area contributed by atoms with Crippen molar-refractivity contribution in [1.29, 1.82) is 5.26 Å². The van der Waals surface area contributed by atoms with Crippen LogP contribution in [0.3, 0.4) is 0 Å². The summed E-state index contributed by atoms with van der Waals surface area (Å²) in [4.78, 5) is 32.3. The summed E-state index contributed by atoms with van der Waals surface area (Å²) in [5.74, 6) is 0.0225. The van der Waals surface area contributed by atoms with Crippen molar-refractivity contribution in [2.24, 2.45) is 4.99 Å². The zero-order valence-electron chi connectivity index (χ0n) is 12.0. The monoisotopic (exact) mass is 298 g/mol. The number of H-pyrrole nitrogens is 2. The molecular weight excluding hydrogens is 284 g/mol. The van der Waals surface area contributed by atoms with Crippen molar-refractivity contribution in [3.63, 3.8) is 0 Å². The second-order valence-corrected chi connectivity index (χ2v) is 4.42. The molecule has 0 saturated heterocycles. The molecule has 0 aliphatic rings. The number of hydrogen-bond donors (Lipinski definition) is 4. The van der Waals surface area contributed by atoms with Crippen LogP contribution in [-0.4, -0.2) is 28.8 Å². The normalized spacial score (nSPS) is 10.9. The molecule has 1 heterocycles. The van der Waals surface area contributed by atoms with Gasteiger partial charge in [0, 0.05) is 24.0 Å². The van der Waals surface area contributed by atoms with E-state index in [1.165, 1.54) is 7.05 Å². The van der Waals surface area contributed by atoms with Gasteiger partial charge in [-0.2, -0.15) is 5.26 Å². The Hall–Kier alpha value is -3.34. The van der Waals surface area contributed by atoms with Crippen LogP contribution in [0.2, 0.25) is 0 Å². The summed E-state index contributed by atoms with van der Waals surface area (Å²) in [5.41, 5.74) is 1.43. The number of nitrogens with one attached hydrogen (secondary N) is 4. The van der Waals surface area contributed by atoms with Crippen LogP contribution in [0.25, 0.3) is 0 Å². The number of anilines is 1. The van der Waals surface area contributed by atoms with Gasteiger partial charge in [-0.1, -0.05) is 0 Å². The molecule has 22 heavy (non-hydrogen) atoms. The van der Waals surface area contributed by atoms with Gasteiger partial charge < -0.3 is 15.3 Å². The van der Waals surface area contributed by atoms with Gasteiger partial charge in [0.2, 0.25) is 11.7 Å². The van der Waals surface area contributed by atoms with Crippen molar-refractivity contribution in [2.45, 2.75) is 6.92 Å². The summed E-state index contributed by atoms with van der Waals surface area (Å²) < 4.78 is 0. The standard InChI is InChI=1S/C14H14N6O2/c1-8-11(20-14(22)18-8)12(21)9-3-5-10(6-4-9)19-13(16-2)17-7-15/h3-6H,1-2H3,(H2,16,17,19)(H2,18,20,22). The highest BCUT2D eigenvalue weighted by atomic mass is 16.1. The van der Waals surface area contributed by atoms with E-state index in [-0.39, 0.29) is 11.5 Å². The Morgan fingerprint density at radius 3 is 2.45 bits per heavy atom. The minimum atomic E-state index is -0.412. The van der Waals surface area contributed by atoms with Gasteiger partial charge in [0.1, 0.15) is 5.69 Å². The second kappa shape index (κ2) is 6.41. The average molecular weight is 298 g/mol. The maximum absolute atomic E-state index is 12.3. The van der Waals surface area contributed by atoms with Crippen LogP contribution >= 0.6 is 0 Å². The van der Waals surface area contributed by atoms with Crippen LogP contribution in [-0.2, 0) is 0 Å². The van der Waals surface area contributed by atoms with Gasteiger partial charge >= 0.3 is 5.69 Å². The number of aryl methyl sites for hydroxylation is 1. The van der Waals surface area contributed by atoms with E-state index in [2.05, 4.69) is 25.6 Å². The number of carbonyl (C=O) groups is 1. The molecule has 4 N–H and O–H groups in total. The topological polar surface area (TPSA) is 126 Å². The molecule has 112 valence electrons. The minimum Gasteiger partial charge on any atom is -0.326 e. The lowest BCUT2D eigenvalue weighted by Gasteiger charge is -2.07. The molecule has 0 atom stereocenters. The van der Waals surface area contributed by atoms with Crippen molar-refractivity contribution in [3.05, 3.63) is 51.7 Å². The van der Waals surface area contributed by atoms with Crippen LogP contribution < -0.4 is 16.3 Å². The average Bonchev–Trinajstić information content (AvgIpc) is 2.85. The molecule has 0 aliphatic carbocycles. The highest BCUT2D eigenvalue weighted by Gasteiger charge is 2.14. The number of benzene rings is 1. The van der Waals surface area contributed by atoms with Crippen LogP contribution in [0.1, 0.15) is 21.7 Å². The van der Waals surface area contributed by atoms with Gasteiger partial charge in [-0.25, -0.2) is 4.79 Å². The van der Waals surface area contributed by atoms with Crippen molar-refractivity contribution >= 4 is 17.4 Å². The first-order chi connectivity index (χ1) is 10.5. The van der Waals surface area contributed by atoms with Crippen molar-refractivity contribution in [1.82, 2.24) is 15.3 Å². The lowest BCUT2D eigenvalue weighted by molar-refractivity contribution is 0.103. The van der Waals surface area contributed by atoms with Gasteiger partial charge in [-0.05, 0) is 31.2 Å². The molecule has 0 amide bonds. The fraction of sp³-hybridized carbons (Fsp3) is 0.143. The van der Waals surface area contributed by atoms with E-state index in [9.17, 15) is 9.59 Å². The zero-order chi connectivity index (χ0) is 16.1. The first-order valence-electron chi connectivity index (χ1n) is 6.37. The van der Waals surface area contributed by atoms with Gasteiger partial charge in [0.05, 0.1) is 0 Å². The van der Waals surface area contributed by atoms with Crippen LogP contribution in [0.4, 0.5) is 5.69 Å². The number of guanidine groups is 1. The summed E-state index contributed by atoms with van der Waals surface area (Å²) in [6, 6.07) is 6.60. The maximum Gasteiger partial charge on any atom is 0.323 e. The predicted molar refractivity (Wildman–Crippen MR) is 81.8 cm³/mol. The Balaban J connectivity index is 2.19. The molecule has 8 heteroatoms. The summed E-state index contributed by atoms with van der Waals surface area (Å²) in [5, 5.41) is 13.8. The molecule has 0 aliphatic heterocycles. The highest BCUT2D eigenvalue weighted by Crippen LogP contribution is 2.13. The number of imidazole rings is 1. The van der Waals surface area contributed by atoms with E-state index < -0.39 is 5.69 Å². The van der Waals surface area contributed by atoms with Crippen molar-refractivity contribution < 1.29 is 4.79 Å². The fourth-order valence-corrected chi connectivity index (χ4v) is 1.88. The molecule has 8 nitrogen and oxygen atoms in total. The first kappa shape index (κ1) is 15.1. The molecular formula is C14H14N6O2. The van der Waals surface area contributed by atoms with Gasteiger partial charge in [-0.15, -0.1) is 0 Å². The predicted octanol–water partition coefficient (Wildman–Crippen LogP) is 0.711. The molecule has 0 unspecified atom stereocenters. The molecule has 1 aromatic heterocycles. The number of rotatable bonds is 3. The molecule has 0 fully saturated rings. The summed E-state index contributed by atoms with van der Waals surface area (Å²) in [6.07, 6.45) is 1.76. The summed E-state index contributed by atoms with van der Waals surface area (Å²) in [7, 11) is 1.54. The molecule has 2 rings (SSSR count). The first-order valence-corrected chi connectivity index (χ1v) is 6.37. The SMILES string of the molecule is CN=C(NC#N)Nc1ccc(C(=O)c2[nH]c(=O)[nH]c2C)cc1. The number of nitriles is 1. The van der Waals surface area contributed by atoms with E-state index in [0.29, 0.717) is 22.9 Å². The number of aromatic amines is 2. The molecule has 0 saturated carbocycles. The maximum atomic E-state index is 12.3. The third kappa shape index (κ3) is 3.21. The number of carbonyl (C=O) groups excluding carboxylic acids is 1. The number of aromatic nitrogens is 2. The van der Waals surface area contributed by atoms with E-state index >= 15 is 0 Å². The molecule has 2 aromatic rings. The van der Waals surface area contributed by atoms with E-state index in [4.69, 9.17) is 5.26 Å². The summed E-state index contributed by atoms with van der Waals surface area (Å²) in [6.45, 7) is 1.65.